The maximum Gasteiger partial charge on any atom is 0.209 e. The molecule has 0 saturated carbocycles. The zero-order chi connectivity index (χ0) is 23.7. The van der Waals surface area contributed by atoms with Gasteiger partial charge in [-0.3, -0.25) is 14.0 Å². The van der Waals surface area contributed by atoms with E-state index in [0.717, 1.165) is 21.2 Å². The van der Waals surface area contributed by atoms with Gasteiger partial charge in [0.05, 0.1) is 23.4 Å². The largest absolute Gasteiger partial charge is 0.324 e. The van der Waals surface area contributed by atoms with Crippen molar-refractivity contribution in [1.29, 1.82) is 0 Å². The van der Waals surface area contributed by atoms with Gasteiger partial charge in [0, 0.05) is 21.2 Å². The van der Waals surface area contributed by atoms with Crippen LogP contribution in [0.15, 0.2) is 102 Å². The lowest BCUT2D eigenvalue weighted by molar-refractivity contribution is 0.100. The average molecular weight is 510 g/mol. The molecule has 0 atom stereocenters. The third-order valence-corrected chi connectivity index (χ3v) is 6.25. The fourth-order valence-electron chi connectivity index (χ4n) is 4.01. The third-order valence-electron chi connectivity index (χ3n) is 5.75. The molecule has 0 unspecified atom stereocenters. The Morgan fingerprint density at radius 3 is 2.24 bits per heavy atom. The number of Topliss-reactive ketones (excluding diaryl/α,β-unsaturated/α-hetero) is 1. The Hall–Kier alpha value is -3.87. The van der Waals surface area contributed by atoms with E-state index in [2.05, 4.69) is 33.0 Å². The molecule has 34 heavy (non-hydrogen) atoms. The molecule has 166 valence electrons. The van der Waals surface area contributed by atoms with Gasteiger partial charge in [0.2, 0.25) is 5.78 Å². The van der Waals surface area contributed by atoms with Crippen LogP contribution in [0.25, 0.3) is 27.9 Å². The number of halogens is 1. The van der Waals surface area contributed by atoms with Crippen LogP contribution in [0.3, 0.4) is 0 Å². The van der Waals surface area contributed by atoms with E-state index >= 15 is 0 Å². The maximum atomic E-state index is 13.3. The highest BCUT2D eigenvalue weighted by molar-refractivity contribution is 9.10. The van der Waals surface area contributed by atoms with Gasteiger partial charge < -0.3 is 5.73 Å². The summed E-state index contributed by atoms with van der Waals surface area (Å²) in [6.45, 7) is -0.145. The minimum absolute atomic E-state index is 0.145. The van der Waals surface area contributed by atoms with Gasteiger partial charge in [-0.1, -0.05) is 82.7 Å². The minimum atomic E-state index is -0.234. The fraction of sp³-hybridized carbons (Fsp3) is 0.0357. The van der Waals surface area contributed by atoms with Crippen molar-refractivity contribution >= 4 is 33.0 Å². The normalized spacial score (nSPS) is 11.0. The van der Waals surface area contributed by atoms with Crippen LogP contribution in [0.2, 0.25) is 0 Å². The number of carbonyl (C=O) groups is 2. The second kappa shape index (κ2) is 9.17. The highest BCUT2D eigenvalue weighted by Gasteiger charge is 2.21. The van der Waals surface area contributed by atoms with Gasteiger partial charge in [-0.05, 0) is 35.4 Å². The lowest BCUT2D eigenvalue weighted by Crippen LogP contribution is -2.13. The van der Waals surface area contributed by atoms with Crippen molar-refractivity contribution in [3.8, 4) is 22.4 Å². The zero-order valence-electron chi connectivity index (χ0n) is 18.1. The van der Waals surface area contributed by atoms with E-state index in [1.807, 2.05) is 54.6 Å². The number of rotatable bonds is 6. The number of aromatic nitrogens is 2. The fourth-order valence-corrected chi connectivity index (χ4v) is 4.41. The lowest BCUT2D eigenvalue weighted by atomic mass is 10.0. The summed E-state index contributed by atoms with van der Waals surface area (Å²) in [4.78, 5) is 30.5. The Morgan fingerprint density at radius 1 is 0.824 bits per heavy atom. The molecule has 0 saturated heterocycles. The molecular weight excluding hydrogens is 490 g/mol. The molecule has 0 aliphatic heterocycles. The summed E-state index contributed by atoms with van der Waals surface area (Å²) in [5.41, 5.74) is 11.4. The summed E-state index contributed by atoms with van der Waals surface area (Å²) in [6, 6.07) is 28.8. The molecule has 0 fully saturated rings. The molecule has 2 heterocycles. The van der Waals surface area contributed by atoms with E-state index in [1.165, 1.54) is 0 Å². The molecule has 0 radical (unpaired) electrons. The number of nitrogens with zero attached hydrogens (tertiary/aromatic N) is 2. The summed E-state index contributed by atoms with van der Waals surface area (Å²) in [7, 11) is 0. The molecule has 2 N–H and O–H groups in total. The van der Waals surface area contributed by atoms with Crippen LogP contribution in [0.4, 0.5) is 0 Å². The molecule has 0 aliphatic carbocycles. The van der Waals surface area contributed by atoms with Crippen molar-refractivity contribution in [3.05, 3.63) is 119 Å². The van der Waals surface area contributed by atoms with Crippen LogP contribution in [0.1, 0.15) is 26.4 Å². The molecule has 5 rings (SSSR count). The van der Waals surface area contributed by atoms with Gasteiger partial charge in [0.15, 0.2) is 5.78 Å². The number of hydrogen-bond donors (Lipinski definition) is 1. The SMILES string of the molecule is NCC(=O)c1cc(C(=O)c2cccc(Br)c2)n2cnc(-c3ccc(-c4ccccc4)cc3)cc12. The Morgan fingerprint density at radius 2 is 1.53 bits per heavy atom. The molecule has 2 aromatic heterocycles. The van der Waals surface area contributed by atoms with Gasteiger partial charge >= 0.3 is 0 Å². The summed E-state index contributed by atoms with van der Waals surface area (Å²) >= 11 is 3.41. The third kappa shape index (κ3) is 4.09. The van der Waals surface area contributed by atoms with Crippen LogP contribution in [-0.2, 0) is 0 Å². The van der Waals surface area contributed by atoms with Crippen LogP contribution < -0.4 is 5.73 Å². The molecule has 0 bridgehead atoms. The Bertz CT molecular complexity index is 1520. The van der Waals surface area contributed by atoms with E-state index in [9.17, 15) is 9.59 Å². The predicted molar refractivity (Wildman–Crippen MR) is 137 cm³/mol. The maximum absolute atomic E-state index is 13.3. The second-order valence-corrected chi connectivity index (χ2v) is 8.80. The van der Waals surface area contributed by atoms with Crippen LogP contribution in [0.5, 0.6) is 0 Å². The van der Waals surface area contributed by atoms with Crippen LogP contribution in [-0.4, -0.2) is 27.5 Å². The quantitative estimate of drug-likeness (QED) is 0.293. The molecule has 6 heteroatoms. The predicted octanol–water partition coefficient (Wildman–Crippen LogP) is 5.80. The highest BCUT2D eigenvalue weighted by atomic mass is 79.9. The Labute approximate surface area is 205 Å². The van der Waals surface area contributed by atoms with E-state index in [1.54, 1.807) is 35.0 Å². The van der Waals surface area contributed by atoms with Crippen molar-refractivity contribution < 1.29 is 9.59 Å². The van der Waals surface area contributed by atoms with E-state index in [4.69, 9.17) is 5.73 Å². The Kier molecular flexibility index (Phi) is 5.92. The van der Waals surface area contributed by atoms with Gasteiger partial charge in [-0.15, -0.1) is 0 Å². The average Bonchev–Trinajstić information content (AvgIpc) is 3.27. The molecule has 0 spiro atoms. The van der Waals surface area contributed by atoms with Crippen LogP contribution in [0, 0.1) is 0 Å². The first kappa shape index (κ1) is 21.9. The first-order valence-corrected chi connectivity index (χ1v) is 11.5. The van der Waals surface area contributed by atoms with E-state index in [-0.39, 0.29) is 18.1 Å². The van der Waals surface area contributed by atoms with Gasteiger partial charge in [0.25, 0.3) is 0 Å². The zero-order valence-corrected chi connectivity index (χ0v) is 19.7. The summed E-state index contributed by atoms with van der Waals surface area (Å²) in [5.74, 6) is -0.434. The number of ketones is 2. The van der Waals surface area contributed by atoms with Crippen molar-refractivity contribution in [2.75, 3.05) is 6.54 Å². The van der Waals surface area contributed by atoms with Crippen molar-refractivity contribution in [2.24, 2.45) is 5.73 Å². The number of nitrogens with two attached hydrogens (primary N) is 1. The van der Waals surface area contributed by atoms with E-state index < -0.39 is 0 Å². The minimum Gasteiger partial charge on any atom is -0.324 e. The number of benzene rings is 3. The smallest absolute Gasteiger partial charge is 0.209 e. The van der Waals surface area contributed by atoms with E-state index in [0.29, 0.717) is 28.0 Å². The monoisotopic (exact) mass is 509 g/mol. The second-order valence-electron chi connectivity index (χ2n) is 7.88. The van der Waals surface area contributed by atoms with Crippen molar-refractivity contribution in [3.63, 3.8) is 0 Å². The number of hydrogen-bond acceptors (Lipinski definition) is 4. The number of carbonyl (C=O) groups excluding carboxylic acids is 2. The summed E-state index contributed by atoms with van der Waals surface area (Å²) in [6.07, 6.45) is 1.59. The molecule has 0 aliphatic rings. The lowest BCUT2D eigenvalue weighted by Gasteiger charge is -2.07. The highest BCUT2D eigenvalue weighted by Crippen LogP contribution is 2.27. The van der Waals surface area contributed by atoms with Gasteiger partial charge in [0.1, 0.15) is 6.33 Å². The standard InChI is InChI=1S/C28H20BrN3O2/c29-22-8-4-7-21(13-22)28(34)26-14-23(27(33)16-30)25-15-24(31-17-32(25)26)20-11-9-19(10-12-20)18-5-2-1-3-6-18/h1-15,17H,16,30H2. The number of fused-ring (bicyclic) bond motifs is 1. The molecule has 0 amide bonds. The summed E-state index contributed by atoms with van der Waals surface area (Å²) in [5, 5.41) is 0. The molecule has 3 aromatic carbocycles. The topological polar surface area (TPSA) is 77.5 Å². The molecule has 5 nitrogen and oxygen atoms in total. The first-order chi connectivity index (χ1) is 16.5. The molecule has 5 aromatic rings. The summed E-state index contributed by atoms with van der Waals surface area (Å²) < 4.78 is 2.46. The first-order valence-electron chi connectivity index (χ1n) is 10.8. The molecular formula is C28H20BrN3O2. The van der Waals surface area contributed by atoms with Crippen molar-refractivity contribution in [2.45, 2.75) is 0 Å². The van der Waals surface area contributed by atoms with Gasteiger partial charge in [-0.25, -0.2) is 4.98 Å². The van der Waals surface area contributed by atoms with Gasteiger partial charge in [-0.2, -0.15) is 0 Å². The Balaban J connectivity index is 1.58. The van der Waals surface area contributed by atoms with Crippen molar-refractivity contribution in [1.82, 2.24) is 9.38 Å². The van der Waals surface area contributed by atoms with Crippen LogP contribution >= 0.6 is 15.9 Å².